The van der Waals surface area contributed by atoms with Crippen LogP contribution in [0.1, 0.15) is 64.0 Å². The zero-order valence-electron chi connectivity index (χ0n) is 22.9. The van der Waals surface area contributed by atoms with E-state index in [0.29, 0.717) is 40.5 Å². The summed E-state index contributed by atoms with van der Waals surface area (Å²) in [5.41, 5.74) is 2.00. The van der Waals surface area contributed by atoms with Crippen molar-refractivity contribution >= 4 is 45.3 Å². The number of rotatable bonds is 6. The number of pyridine rings is 1. The van der Waals surface area contributed by atoms with Crippen LogP contribution in [0.2, 0.25) is 5.02 Å². The molecule has 11 heteroatoms. The van der Waals surface area contributed by atoms with Crippen LogP contribution in [0.3, 0.4) is 0 Å². The molecule has 2 aliphatic carbocycles. The average Bonchev–Trinajstić information content (AvgIpc) is 3.57. The van der Waals surface area contributed by atoms with Gasteiger partial charge in [0.2, 0.25) is 5.95 Å². The molecule has 0 amide bonds. The molecule has 3 aliphatic rings. The lowest BCUT2D eigenvalue weighted by Crippen LogP contribution is -2.50. The van der Waals surface area contributed by atoms with E-state index in [1.807, 2.05) is 20.8 Å². The Balaban J connectivity index is 1.25. The fourth-order valence-corrected chi connectivity index (χ4v) is 8.28. The van der Waals surface area contributed by atoms with E-state index in [-0.39, 0.29) is 28.0 Å². The molecule has 1 N–H and O–H groups in total. The Bertz CT molecular complexity index is 1560. The lowest BCUT2D eigenvalue weighted by Gasteiger charge is -2.39. The van der Waals surface area contributed by atoms with Gasteiger partial charge in [0.1, 0.15) is 21.7 Å². The summed E-state index contributed by atoms with van der Waals surface area (Å²) in [5.74, 6) is -3.38. The number of alkyl halides is 2. The highest BCUT2D eigenvalue weighted by atomic mass is 35.5. The molecule has 214 valence electrons. The average molecular weight is 590 g/mol. The molecule has 3 atom stereocenters. The molecule has 0 radical (unpaired) electrons. The van der Waals surface area contributed by atoms with Crippen LogP contribution in [0.5, 0.6) is 0 Å². The lowest BCUT2D eigenvalue weighted by molar-refractivity contribution is -0.108. The molecule has 2 saturated carbocycles. The van der Waals surface area contributed by atoms with Crippen molar-refractivity contribution in [2.45, 2.75) is 76.2 Å². The summed E-state index contributed by atoms with van der Waals surface area (Å²) in [6.45, 7) is 5.33. The van der Waals surface area contributed by atoms with E-state index in [1.165, 1.54) is 4.31 Å². The van der Waals surface area contributed by atoms with Gasteiger partial charge < -0.3 is 5.32 Å². The topological polar surface area (TPSA) is 80.1 Å². The SMILES string of the molecule is Cc1cc(S(=O)N2CCC(C(C)C)C(F)(F)C2)ccc1Nc1ncc2cc(Cl)c(=O)n(C3CCCC34CC4)c2n1. The summed E-state index contributed by atoms with van der Waals surface area (Å²) in [4.78, 5) is 22.9. The zero-order chi connectivity index (χ0) is 28.4. The van der Waals surface area contributed by atoms with Gasteiger partial charge in [-0.05, 0) is 80.2 Å². The highest BCUT2D eigenvalue weighted by Gasteiger charge is 2.53. The molecule has 3 unspecified atom stereocenters. The van der Waals surface area contributed by atoms with Crippen LogP contribution < -0.4 is 10.9 Å². The van der Waals surface area contributed by atoms with E-state index >= 15 is 0 Å². The molecule has 7 nitrogen and oxygen atoms in total. The van der Waals surface area contributed by atoms with Crippen molar-refractivity contribution in [3.63, 3.8) is 0 Å². The van der Waals surface area contributed by atoms with Crippen LogP contribution in [0.4, 0.5) is 20.4 Å². The zero-order valence-corrected chi connectivity index (χ0v) is 24.5. The maximum Gasteiger partial charge on any atom is 0.271 e. The van der Waals surface area contributed by atoms with Gasteiger partial charge in [-0.25, -0.2) is 22.3 Å². The number of aryl methyl sites for hydroxylation is 1. The van der Waals surface area contributed by atoms with Gasteiger partial charge in [-0.2, -0.15) is 4.98 Å². The number of halogens is 3. The predicted molar refractivity (Wildman–Crippen MR) is 154 cm³/mol. The maximum absolute atomic E-state index is 14.7. The first-order chi connectivity index (χ1) is 19.0. The van der Waals surface area contributed by atoms with E-state index in [1.54, 1.807) is 35.0 Å². The van der Waals surface area contributed by atoms with Gasteiger partial charge in [0.05, 0.1) is 11.4 Å². The van der Waals surface area contributed by atoms with Crippen molar-refractivity contribution < 1.29 is 13.0 Å². The van der Waals surface area contributed by atoms with E-state index in [0.717, 1.165) is 37.7 Å². The fourth-order valence-electron chi connectivity index (χ4n) is 6.75. The van der Waals surface area contributed by atoms with E-state index < -0.39 is 29.4 Å². The normalized spacial score (nSPS) is 24.6. The van der Waals surface area contributed by atoms with Crippen molar-refractivity contribution in [3.05, 3.63) is 51.4 Å². The third kappa shape index (κ3) is 4.86. The third-order valence-electron chi connectivity index (χ3n) is 9.10. The summed E-state index contributed by atoms with van der Waals surface area (Å²) in [7, 11) is -1.70. The van der Waals surface area contributed by atoms with Crippen LogP contribution in [-0.4, -0.2) is 42.1 Å². The maximum atomic E-state index is 14.7. The molecule has 1 aromatic carbocycles. The largest absolute Gasteiger partial charge is 0.324 e. The van der Waals surface area contributed by atoms with Crippen LogP contribution in [0, 0.1) is 24.2 Å². The minimum atomic E-state index is -2.88. The number of fused-ring (bicyclic) bond motifs is 1. The number of hydrogen-bond acceptors (Lipinski definition) is 5. The molecule has 3 fully saturated rings. The molecule has 1 saturated heterocycles. The van der Waals surface area contributed by atoms with Gasteiger partial charge in [0.15, 0.2) is 0 Å². The predicted octanol–water partition coefficient (Wildman–Crippen LogP) is 6.64. The van der Waals surface area contributed by atoms with Crippen molar-refractivity contribution in [2.24, 2.45) is 17.3 Å². The van der Waals surface area contributed by atoms with Crippen molar-refractivity contribution in [1.29, 1.82) is 0 Å². The Morgan fingerprint density at radius 1 is 1.18 bits per heavy atom. The van der Waals surface area contributed by atoms with Crippen LogP contribution >= 0.6 is 11.6 Å². The molecular weight excluding hydrogens is 556 g/mol. The minimum absolute atomic E-state index is 0.0814. The van der Waals surface area contributed by atoms with E-state index in [9.17, 15) is 17.8 Å². The summed E-state index contributed by atoms with van der Waals surface area (Å²) in [6, 6.07) is 6.90. The molecule has 2 aromatic heterocycles. The number of benzene rings is 1. The van der Waals surface area contributed by atoms with E-state index in [2.05, 4.69) is 10.3 Å². The van der Waals surface area contributed by atoms with Crippen molar-refractivity contribution in [1.82, 2.24) is 18.8 Å². The summed E-state index contributed by atoms with van der Waals surface area (Å²) in [5, 5.41) is 4.10. The van der Waals surface area contributed by atoms with Gasteiger partial charge >= 0.3 is 0 Å². The van der Waals surface area contributed by atoms with Crippen molar-refractivity contribution in [2.75, 3.05) is 18.4 Å². The standard InChI is InChI=1S/C29H34ClF2N5O2S/c1-17(2)21-8-12-36(16-29(21,31)32)40(39)20-6-7-23(18(3)13-20)34-27-33-15-19-14-22(30)26(38)37(25(19)35-27)24-5-4-9-28(24)10-11-28/h6-7,13-15,17,21,24H,4-5,8-12,16H2,1-3H3,(H,33,34,35). The Kier molecular flexibility index (Phi) is 7.02. The second kappa shape index (κ2) is 10.1. The van der Waals surface area contributed by atoms with Gasteiger partial charge in [-0.15, -0.1) is 0 Å². The minimum Gasteiger partial charge on any atom is -0.324 e. The quantitative estimate of drug-likeness (QED) is 0.349. The third-order valence-corrected chi connectivity index (χ3v) is 10.8. The van der Waals surface area contributed by atoms with Crippen LogP contribution in [0.25, 0.3) is 11.0 Å². The van der Waals surface area contributed by atoms with Crippen LogP contribution in [0.15, 0.2) is 40.2 Å². The highest BCUT2D eigenvalue weighted by molar-refractivity contribution is 7.82. The number of aromatic nitrogens is 3. The number of nitrogens with one attached hydrogen (secondary N) is 1. The fraction of sp³-hybridized carbons (Fsp3) is 0.552. The Morgan fingerprint density at radius 2 is 1.95 bits per heavy atom. The second-order valence-corrected chi connectivity index (χ2v) is 13.9. The Morgan fingerprint density at radius 3 is 2.62 bits per heavy atom. The van der Waals surface area contributed by atoms with Gasteiger partial charge in [-0.3, -0.25) is 9.36 Å². The van der Waals surface area contributed by atoms with Gasteiger partial charge in [0, 0.05) is 35.8 Å². The Labute approximate surface area is 239 Å². The summed E-state index contributed by atoms with van der Waals surface area (Å²) >= 11 is 6.33. The van der Waals surface area contributed by atoms with Crippen molar-refractivity contribution in [3.8, 4) is 0 Å². The number of piperidine rings is 1. The summed E-state index contributed by atoms with van der Waals surface area (Å²) < 4.78 is 45.8. The molecule has 0 bridgehead atoms. The number of hydrogen-bond donors (Lipinski definition) is 1. The Hall–Kier alpha value is -2.43. The summed E-state index contributed by atoms with van der Waals surface area (Å²) in [6.07, 6.45) is 7.35. The molecule has 3 heterocycles. The smallest absolute Gasteiger partial charge is 0.271 e. The first-order valence-corrected chi connectivity index (χ1v) is 15.5. The number of nitrogens with zero attached hydrogens (tertiary/aromatic N) is 4. The molecule has 3 aromatic rings. The van der Waals surface area contributed by atoms with E-state index in [4.69, 9.17) is 16.6 Å². The van der Waals surface area contributed by atoms with Gasteiger partial charge in [0.25, 0.3) is 11.5 Å². The second-order valence-electron chi connectivity index (χ2n) is 12.0. The molecule has 40 heavy (non-hydrogen) atoms. The van der Waals surface area contributed by atoms with Gasteiger partial charge in [-0.1, -0.05) is 31.9 Å². The number of anilines is 2. The van der Waals surface area contributed by atoms with Crippen LogP contribution in [-0.2, 0) is 11.0 Å². The highest BCUT2D eigenvalue weighted by Crippen LogP contribution is 2.63. The lowest BCUT2D eigenvalue weighted by atomic mass is 9.84. The molecular formula is C29H34ClF2N5O2S. The molecule has 6 rings (SSSR count). The first-order valence-electron chi connectivity index (χ1n) is 14.0. The molecule has 1 spiro atoms. The molecule has 1 aliphatic heterocycles. The first kappa shape index (κ1) is 27.7. The monoisotopic (exact) mass is 589 g/mol.